The number of hydrogen-bond acceptors (Lipinski definition) is 5. The van der Waals surface area contributed by atoms with Crippen molar-refractivity contribution in [1.82, 2.24) is 0 Å². The average molecular weight is 311 g/mol. The Morgan fingerprint density at radius 2 is 1.91 bits per heavy atom. The van der Waals surface area contributed by atoms with Gasteiger partial charge in [0.15, 0.2) is 0 Å². The normalized spacial score (nSPS) is 10.2. The number of phenols is 1. The van der Waals surface area contributed by atoms with E-state index in [9.17, 15) is 14.7 Å². The number of anilines is 1. The first kappa shape index (κ1) is 17.8. The molecule has 0 saturated heterocycles. The first-order chi connectivity index (χ1) is 10.5. The molecule has 0 radical (unpaired) electrons. The lowest BCUT2D eigenvalue weighted by molar-refractivity contribution is 0.0693. The Hall–Kier alpha value is -2.28. The summed E-state index contributed by atoms with van der Waals surface area (Å²) in [5, 5.41) is 20.7. The van der Waals surface area contributed by atoms with Crippen molar-refractivity contribution in [2.45, 2.75) is 26.2 Å². The predicted molar refractivity (Wildman–Crippen MR) is 80.4 cm³/mol. The first-order valence-electron chi connectivity index (χ1n) is 7.12. The second-order valence-electron chi connectivity index (χ2n) is 4.62. The number of carboxylic acid groups (broad SMARTS) is 1. The number of ether oxygens (including phenoxy) is 2. The largest absolute Gasteiger partial charge is 0.507 e. The van der Waals surface area contributed by atoms with Crippen LogP contribution >= 0.6 is 0 Å². The van der Waals surface area contributed by atoms with E-state index in [-0.39, 0.29) is 17.9 Å². The van der Waals surface area contributed by atoms with Gasteiger partial charge in [-0.3, -0.25) is 5.32 Å². The molecule has 1 aromatic rings. The monoisotopic (exact) mass is 311 g/mol. The minimum absolute atomic E-state index is 0.219. The van der Waals surface area contributed by atoms with Crippen LogP contribution in [0.15, 0.2) is 18.2 Å². The number of aromatic carboxylic acids is 1. The molecule has 0 aliphatic rings. The molecule has 0 atom stereocenters. The summed E-state index contributed by atoms with van der Waals surface area (Å²) in [5.41, 5.74) is 0.0230. The van der Waals surface area contributed by atoms with Crippen molar-refractivity contribution in [3.05, 3.63) is 23.8 Å². The number of rotatable bonds is 9. The molecule has 7 heteroatoms. The number of aromatic hydroxyl groups is 1. The van der Waals surface area contributed by atoms with E-state index < -0.39 is 17.8 Å². The number of carbonyl (C=O) groups excluding carboxylic acids is 1. The highest BCUT2D eigenvalue weighted by molar-refractivity contribution is 5.92. The molecule has 0 unspecified atom stereocenters. The Bertz CT molecular complexity index is 503. The van der Waals surface area contributed by atoms with Crippen molar-refractivity contribution < 1.29 is 29.3 Å². The maximum atomic E-state index is 11.5. The third-order valence-electron chi connectivity index (χ3n) is 2.78. The van der Waals surface area contributed by atoms with Crippen LogP contribution in [0.1, 0.15) is 36.5 Å². The average Bonchev–Trinajstić information content (AvgIpc) is 2.46. The minimum Gasteiger partial charge on any atom is -0.507 e. The third-order valence-corrected chi connectivity index (χ3v) is 2.78. The summed E-state index contributed by atoms with van der Waals surface area (Å²) in [6.07, 6.45) is 2.01. The molecule has 0 heterocycles. The number of unbranched alkanes of at least 4 members (excludes halogenated alkanes) is 1. The van der Waals surface area contributed by atoms with Crippen LogP contribution in [0.25, 0.3) is 0 Å². The molecule has 0 bridgehead atoms. The van der Waals surface area contributed by atoms with E-state index in [2.05, 4.69) is 12.2 Å². The van der Waals surface area contributed by atoms with Crippen LogP contribution in [0.5, 0.6) is 5.75 Å². The molecule has 0 aliphatic carbocycles. The fourth-order valence-corrected chi connectivity index (χ4v) is 1.62. The standard InChI is InChI=1S/C15H21NO6/c1-2-3-7-21-8-4-9-22-15(20)16-11-5-6-12(14(18)19)13(17)10-11/h5-6,10,17H,2-4,7-9H2,1H3,(H,16,20)(H,18,19). The summed E-state index contributed by atoms with van der Waals surface area (Å²) in [5.74, 6) is -1.66. The fraction of sp³-hybridized carbons (Fsp3) is 0.467. The topological polar surface area (TPSA) is 105 Å². The lowest BCUT2D eigenvalue weighted by atomic mass is 10.2. The Kier molecular flexibility index (Phi) is 7.77. The Morgan fingerprint density at radius 3 is 2.55 bits per heavy atom. The van der Waals surface area contributed by atoms with Gasteiger partial charge < -0.3 is 19.7 Å². The summed E-state index contributed by atoms with van der Waals surface area (Å²) < 4.78 is 10.3. The molecule has 122 valence electrons. The molecule has 1 amide bonds. The van der Waals surface area contributed by atoms with Gasteiger partial charge in [0.1, 0.15) is 11.3 Å². The number of benzene rings is 1. The zero-order valence-corrected chi connectivity index (χ0v) is 12.5. The fourth-order valence-electron chi connectivity index (χ4n) is 1.62. The molecule has 7 nitrogen and oxygen atoms in total. The van der Waals surface area contributed by atoms with Crippen LogP contribution in [0.3, 0.4) is 0 Å². The quantitative estimate of drug-likeness (QED) is 0.606. The highest BCUT2D eigenvalue weighted by Crippen LogP contribution is 2.21. The molecule has 0 aliphatic heterocycles. The van der Waals surface area contributed by atoms with E-state index in [1.165, 1.54) is 12.1 Å². The highest BCUT2D eigenvalue weighted by atomic mass is 16.5. The van der Waals surface area contributed by atoms with Crippen molar-refractivity contribution in [3.8, 4) is 5.75 Å². The van der Waals surface area contributed by atoms with Crippen molar-refractivity contribution in [2.75, 3.05) is 25.1 Å². The number of nitrogens with one attached hydrogen (secondary N) is 1. The van der Waals surface area contributed by atoms with E-state index in [0.717, 1.165) is 18.9 Å². The first-order valence-corrected chi connectivity index (χ1v) is 7.12. The van der Waals surface area contributed by atoms with Gasteiger partial charge >= 0.3 is 12.1 Å². The molecule has 3 N–H and O–H groups in total. The lowest BCUT2D eigenvalue weighted by Gasteiger charge is -2.08. The number of hydrogen-bond donors (Lipinski definition) is 3. The number of amides is 1. The van der Waals surface area contributed by atoms with Gasteiger partial charge in [-0.05, 0) is 18.6 Å². The van der Waals surface area contributed by atoms with Gasteiger partial charge in [0, 0.05) is 31.4 Å². The molecular weight excluding hydrogens is 290 g/mol. The minimum atomic E-state index is -1.24. The van der Waals surface area contributed by atoms with Gasteiger partial charge in [0.2, 0.25) is 0 Å². The second-order valence-corrected chi connectivity index (χ2v) is 4.62. The molecule has 0 aromatic heterocycles. The molecule has 0 fully saturated rings. The van der Waals surface area contributed by atoms with Crippen LogP contribution in [0.4, 0.5) is 10.5 Å². The smallest absolute Gasteiger partial charge is 0.411 e. The maximum absolute atomic E-state index is 11.5. The number of carbonyl (C=O) groups is 2. The van der Waals surface area contributed by atoms with E-state index >= 15 is 0 Å². The molecule has 0 spiro atoms. The predicted octanol–water partition coefficient (Wildman–Crippen LogP) is 2.85. The van der Waals surface area contributed by atoms with Crippen LogP contribution in [-0.2, 0) is 9.47 Å². The molecule has 1 rings (SSSR count). The van der Waals surface area contributed by atoms with E-state index in [4.69, 9.17) is 14.6 Å². The summed E-state index contributed by atoms with van der Waals surface area (Å²) in [6.45, 7) is 3.54. The zero-order valence-electron chi connectivity index (χ0n) is 12.5. The van der Waals surface area contributed by atoms with E-state index in [1.807, 2.05) is 0 Å². The Morgan fingerprint density at radius 1 is 1.18 bits per heavy atom. The zero-order chi connectivity index (χ0) is 16.4. The van der Waals surface area contributed by atoms with Crippen molar-refractivity contribution >= 4 is 17.7 Å². The number of carboxylic acids is 1. The van der Waals surface area contributed by atoms with Crippen molar-refractivity contribution in [2.24, 2.45) is 0 Å². The van der Waals surface area contributed by atoms with Crippen molar-refractivity contribution in [3.63, 3.8) is 0 Å². The van der Waals surface area contributed by atoms with Gasteiger partial charge in [-0.1, -0.05) is 13.3 Å². The molecule has 0 saturated carbocycles. The summed E-state index contributed by atoms with van der Waals surface area (Å²) >= 11 is 0. The highest BCUT2D eigenvalue weighted by Gasteiger charge is 2.11. The van der Waals surface area contributed by atoms with Gasteiger partial charge in [0.25, 0.3) is 0 Å². The molecule has 22 heavy (non-hydrogen) atoms. The van der Waals surface area contributed by atoms with Gasteiger partial charge in [-0.15, -0.1) is 0 Å². The van der Waals surface area contributed by atoms with Crippen LogP contribution in [-0.4, -0.2) is 42.1 Å². The molecular formula is C15H21NO6. The Labute approximate surface area is 128 Å². The van der Waals surface area contributed by atoms with E-state index in [1.54, 1.807) is 0 Å². The van der Waals surface area contributed by atoms with Gasteiger partial charge in [0.05, 0.1) is 6.61 Å². The second kappa shape index (κ2) is 9.62. The Balaban J connectivity index is 2.28. The summed E-state index contributed by atoms with van der Waals surface area (Å²) in [6, 6.07) is 3.73. The van der Waals surface area contributed by atoms with Gasteiger partial charge in [-0.2, -0.15) is 0 Å². The van der Waals surface area contributed by atoms with Crippen LogP contribution < -0.4 is 5.32 Å². The lowest BCUT2D eigenvalue weighted by Crippen LogP contribution is -2.15. The van der Waals surface area contributed by atoms with Gasteiger partial charge in [-0.25, -0.2) is 9.59 Å². The SMILES string of the molecule is CCCCOCCCOC(=O)Nc1ccc(C(=O)O)c(O)c1. The summed E-state index contributed by atoms with van der Waals surface area (Å²) in [7, 11) is 0. The third kappa shape index (κ3) is 6.45. The van der Waals surface area contributed by atoms with Crippen molar-refractivity contribution in [1.29, 1.82) is 0 Å². The van der Waals surface area contributed by atoms with Crippen LogP contribution in [0, 0.1) is 0 Å². The van der Waals surface area contributed by atoms with Crippen LogP contribution in [0.2, 0.25) is 0 Å². The van der Waals surface area contributed by atoms with E-state index in [0.29, 0.717) is 19.6 Å². The molecule has 1 aromatic carbocycles. The maximum Gasteiger partial charge on any atom is 0.411 e. The summed E-state index contributed by atoms with van der Waals surface area (Å²) in [4.78, 5) is 22.2.